The van der Waals surface area contributed by atoms with Gasteiger partial charge in [0.2, 0.25) is 0 Å². The van der Waals surface area contributed by atoms with E-state index in [1.807, 2.05) is 54.6 Å². The van der Waals surface area contributed by atoms with Gasteiger partial charge in [-0.3, -0.25) is 4.79 Å². The van der Waals surface area contributed by atoms with Crippen molar-refractivity contribution >= 4 is 32.8 Å². The van der Waals surface area contributed by atoms with Crippen molar-refractivity contribution in [1.29, 1.82) is 0 Å². The van der Waals surface area contributed by atoms with Crippen molar-refractivity contribution in [2.45, 2.75) is 44.6 Å². The molecule has 0 bridgehead atoms. The summed E-state index contributed by atoms with van der Waals surface area (Å²) in [5.74, 6) is -0.293. The Hall–Kier alpha value is -2.40. The zero-order valence-corrected chi connectivity index (χ0v) is 17.8. The average Bonchev–Trinajstić information content (AvgIpc) is 2.74. The number of hydrogen-bond acceptors (Lipinski definition) is 3. The fraction of sp³-hybridized carbons (Fsp3) is 0.333. The summed E-state index contributed by atoms with van der Waals surface area (Å²) in [5.41, 5.74) is 2.64. The maximum Gasteiger partial charge on any atom is 0.311 e. The molecule has 0 radical (unpaired) electrons. The third kappa shape index (κ3) is 4.61. The lowest BCUT2D eigenvalue weighted by Crippen LogP contribution is -2.23. The second-order valence-corrected chi connectivity index (χ2v) is 8.54. The van der Waals surface area contributed by atoms with Gasteiger partial charge in [-0.25, -0.2) is 4.98 Å². The molecule has 1 aliphatic carbocycles. The molecule has 2 aromatic carbocycles. The number of ether oxygens (including phenoxy) is 1. The lowest BCUT2D eigenvalue weighted by molar-refractivity contribution is -0.140. The second kappa shape index (κ2) is 8.95. The Morgan fingerprint density at radius 2 is 1.90 bits per heavy atom. The molecule has 1 atom stereocenters. The number of para-hydroxylation sites is 1. The van der Waals surface area contributed by atoms with Crippen LogP contribution in [0.1, 0.15) is 49.3 Å². The SMILES string of the molecule is O=C(O)C(c1ccc(OCc2ccc3ccccc3n2)c(Br)c1)C1CCCCC1. The molecule has 5 heteroatoms. The highest BCUT2D eigenvalue weighted by molar-refractivity contribution is 9.10. The van der Waals surface area contributed by atoms with Gasteiger partial charge in [0, 0.05) is 5.39 Å². The first-order chi connectivity index (χ1) is 14.1. The van der Waals surface area contributed by atoms with Crippen LogP contribution in [0.5, 0.6) is 5.75 Å². The number of carboxylic acid groups (broad SMARTS) is 1. The fourth-order valence-electron chi connectivity index (χ4n) is 4.25. The predicted molar refractivity (Wildman–Crippen MR) is 117 cm³/mol. The first-order valence-corrected chi connectivity index (χ1v) is 10.9. The van der Waals surface area contributed by atoms with Gasteiger partial charge in [0.15, 0.2) is 0 Å². The molecule has 0 amide bonds. The average molecular weight is 454 g/mol. The van der Waals surface area contributed by atoms with Crippen LogP contribution >= 0.6 is 15.9 Å². The monoisotopic (exact) mass is 453 g/mol. The molecule has 1 heterocycles. The number of carbonyl (C=O) groups is 1. The zero-order valence-electron chi connectivity index (χ0n) is 16.2. The fourth-order valence-corrected chi connectivity index (χ4v) is 4.76. The summed E-state index contributed by atoms with van der Waals surface area (Å²) in [6.07, 6.45) is 5.42. The molecule has 1 unspecified atom stereocenters. The first-order valence-electron chi connectivity index (χ1n) is 10.1. The van der Waals surface area contributed by atoms with E-state index in [1.54, 1.807) is 0 Å². The molecule has 0 spiro atoms. The summed E-state index contributed by atoms with van der Waals surface area (Å²) in [6, 6.07) is 17.7. The smallest absolute Gasteiger partial charge is 0.311 e. The maximum atomic E-state index is 12.0. The lowest BCUT2D eigenvalue weighted by Gasteiger charge is -2.28. The van der Waals surface area contributed by atoms with Gasteiger partial charge in [-0.05, 0) is 64.5 Å². The molecule has 0 saturated heterocycles. The van der Waals surface area contributed by atoms with Crippen LogP contribution in [-0.4, -0.2) is 16.1 Å². The molecule has 4 rings (SSSR count). The number of halogens is 1. The third-order valence-corrected chi connectivity index (χ3v) is 6.35. The number of pyridine rings is 1. The predicted octanol–water partition coefficient (Wildman–Crippen LogP) is 6.32. The number of rotatable bonds is 6. The van der Waals surface area contributed by atoms with Crippen LogP contribution in [0.3, 0.4) is 0 Å². The summed E-state index contributed by atoms with van der Waals surface area (Å²) in [7, 11) is 0. The molecule has 0 aliphatic heterocycles. The number of aromatic nitrogens is 1. The van der Waals surface area contributed by atoms with Crippen LogP contribution in [0.2, 0.25) is 0 Å². The van der Waals surface area contributed by atoms with Gasteiger partial charge in [0.1, 0.15) is 12.4 Å². The number of nitrogens with zero attached hydrogens (tertiary/aromatic N) is 1. The Kier molecular flexibility index (Phi) is 6.14. The summed E-state index contributed by atoms with van der Waals surface area (Å²) in [4.78, 5) is 16.6. The molecule has 150 valence electrons. The molecule has 1 N–H and O–H groups in total. The maximum absolute atomic E-state index is 12.0. The van der Waals surface area contributed by atoms with Crippen molar-refractivity contribution in [3.63, 3.8) is 0 Å². The van der Waals surface area contributed by atoms with Crippen LogP contribution < -0.4 is 4.74 Å². The van der Waals surface area contributed by atoms with E-state index in [2.05, 4.69) is 20.9 Å². The van der Waals surface area contributed by atoms with Crippen LogP contribution in [0.4, 0.5) is 0 Å². The molecule has 4 nitrogen and oxygen atoms in total. The quantitative estimate of drug-likeness (QED) is 0.473. The number of benzene rings is 2. The highest BCUT2D eigenvalue weighted by Crippen LogP contribution is 2.38. The summed E-state index contributed by atoms with van der Waals surface area (Å²) in [6.45, 7) is 0.355. The Morgan fingerprint density at radius 3 is 2.66 bits per heavy atom. The van der Waals surface area contributed by atoms with Gasteiger partial charge in [-0.15, -0.1) is 0 Å². The van der Waals surface area contributed by atoms with Crippen molar-refractivity contribution in [3.05, 3.63) is 70.3 Å². The van der Waals surface area contributed by atoms with E-state index < -0.39 is 11.9 Å². The number of fused-ring (bicyclic) bond motifs is 1. The molecule has 1 aromatic heterocycles. The first kappa shape index (κ1) is 19.9. The summed E-state index contributed by atoms with van der Waals surface area (Å²) >= 11 is 3.56. The van der Waals surface area contributed by atoms with E-state index in [-0.39, 0.29) is 5.92 Å². The number of carboxylic acids is 1. The van der Waals surface area contributed by atoms with Crippen molar-refractivity contribution in [1.82, 2.24) is 4.98 Å². The molecule has 1 aliphatic rings. The van der Waals surface area contributed by atoms with Gasteiger partial charge in [0.05, 0.1) is 21.6 Å². The van der Waals surface area contributed by atoms with E-state index in [1.165, 1.54) is 6.42 Å². The topological polar surface area (TPSA) is 59.4 Å². The van der Waals surface area contributed by atoms with E-state index in [9.17, 15) is 9.90 Å². The van der Waals surface area contributed by atoms with Crippen molar-refractivity contribution in [2.75, 3.05) is 0 Å². The lowest BCUT2D eigenvalue weighted by atomic mass is 9.77. The highest BCUT2D eigenvalue weighted by Gasteiger charge is 2.31. The molecular weight excluding hydrogens is 430 g/mol. The Balaban J connectivity index is 1.49. The minimum atomic E-state index is -0.738. The summed E-state index contributed by atoms with van der Waals surface area (Å²) < 4.78 is 6.73. The van der Waals surface area contributed by atoms with Crippen LogP contribution in [0.15, 0.2) is 59.1 Å². The molecule has 3 aromatic rings. The standard InChI is InChI=1S/C24H24BrNO3/c25-20-14-18(23(24(27)28)17-7-2-1-3-8-17)11-13-22(20)29-15-19-12-10-16-6-4-5-9-21(16)26-19/h4-6,9-14,17,23H,1-3,7-8,15H2,(H,27,28). The van der Waals surface area contributed by atoms with Gasteiger partial charge < -0.3 is 9.84 Å². The van der Waals surface area contributed by atoms with E-state index in [0.717, 1.165) is 52.3 Å². The minimum absolute atomic E-state index is 0.210. The molecular formula is C24H24BrNO3. The summed E-state index contributed by atoms with van der Waals surface area (Å²) in [5, 5.41) is 10.9. The Morgan fingerprint density at radius 1 is 1.10 bits per heavy atom. The largest absolute Gasteiger partial charge is 0.486 e. The van der Waals surface area contributed by atoms with Gasteiger partial charge >= 0.3 is 5.97 Å². The van der Waals surface area contributed by atoms with Crippen molar-refractivity contribution in [2.24, 2.45) is 5.92 Å². The van der Waals surface area contributed by atoms with Crippen molar-refractivity contribution in [3.8, 4) is 5.75 Å². The van der Waals surface area contributed by atoms with E-state index in [4.69, 9.17) is 4.74 Å². The Bertz CT molecular complexity index is 1010. The number of hydrogen-bond donors (Lipinski definition) is 1. The highest BCUT2D eigenvalue weighted by atomic mass is 79.9. The van der Waals surface area contributed by atoms with Crippen LogP contribution in [0, 0.1) is 5.92 Å². The molecule has 1 fully saturated rings. The minimum Gasteiger partial charge on any atom is -0.486 e. The van der Waals surface area contributed by atoms with Gasteiger partial charge in [-0.1, -0.05) is 49.6 Å². The van der Waals surface area contributed by atoms with Crippen LogP contribution in [-0.2, 0) is 11.4 Å². The molecule has 1 saturated carbocycles. The van der Waals surface area contributed by atoms with Gasteiger partial charge in [-0.2, -0.15) is 0 Å². The van der Waals surface area contributed by atoms with E-state index >= 15 is 0 Å². The van der Waals surface area contributed by atoms with Gasteiger partial charge in [0.25, 0.3) is 0 Å². The second-order valence-electron chi connectivity index (χ2n) is 7.69. The van der Waals surface area contributed by atoms with E-state index in [0.29, 0.717) is 12.4 Å². The number of aliphatic carboxylic acids is 1. The van der Waals surface area contributed by atoms with Crippen molar-refractivity contribution < 1.29 is 14.6 Å². The molecule has 29 heavy (non-hydrogen) atoms. The Labute approximate surface area is 179 Å². The normalized spacial score (nSPS) is 15.9. The van der Waals surface area contributed by atoms with Crippen LogP contribution in [0.25, 0.3) is 10.9 Å². The zero-order chi connectivity index (χ0) is 20.2. The third-order valence-electron chi connectivity index (χ3n) is 5.73.